The lowest BCUT2D eigenvalue weighted by atomic mass is 9.70. The van der Waals surface area contributed by atoms with Crippen molar-refractivity contribution in [2.45, 2.75) is 84.2 Å². The van der Waals surface area contributed by atoms with Gasteiger partial charge in [0.25, 0.3) is 0 Å². The van der Waals surface area contributed by atoms with Gasteiger partial charge in [-0.05, 0) is 63.2 Å². The van der Waals surface area contributed by atoms with E-state index in [0.29, 0.717) is 6.61 Å². The van der Waals surface area contributed by atoms with Crippen LogP contribution in [0.15, 0.2) is 0 Å². The van der Waals surface area contributed by atoms with E-state index in [1.807, 2.05) is 6.92 Å². The summed E-state index contributed by atoms with van der Waals surface area (Å²) in [5.41, 5.74) is 0. The highest BCUT2D eigenvalue weighted by Gasteiger charge is 2.31. The fourth-order valence-electron chi connectivity index (χ4n) is 4.32. The van der Waals surface area contributed by atoms with Crippen molar-refractivity contribution in [1.82, 2.24) is 0 Å². The van der Waals surface area contributed by atoms with Gasteiger partial charge in [0, 0.05) is 0 Å². The van der Waals surface area contributed by atoms with E-state index < -0.39 is 6.16 Å². The molecule has 0 radical (unpaired) electrons. The molecule has 0 aliphatic heterocycles. The van der Waals surface area contributed by atoms with Gasteiger partial charge in [0.15, 0.2) is 0 Å². The molecule has 0 atom stereocenters. The van der Waals surface area contributed by atoms with Crippen LogP contribution in [0.1, 0.15) is 78.1 Å². The van der Waals surface area contributed by atoms with Gasteiger partial charge < -0.3 is 9.47 Å². The van der Waals surface area contributed by atoms with E-state index >= 15 is 0 Å². The number of carbonyl (C=O) groups excluding carboxylic acids is 1. The largest absolute Gasteiger partial charge is 0.508 e. The molecule has 2 aliphatic rings. The minimum atomic E-state index is -0.485. The SMILES string of the molecule is CCC[C@H]1CC[C@H]([C@H]2CC[C@H](OC(=O)OCC)CC2)CC1. The molecule has 0 heterocycles. The van der Waals surface area contributed by atoms with Crippen molar-refractivity contribution in [3.63, 3.8) is 0 Å². The van der Waals surface area contributed by atoms with Crippen LogP contribution in [-0.4, -0.2) is 18.9 Å². The van der Waals surface area contributed by atoms with Crippen LogP contribution in [0.4, 0.5) is 4.79 Å². The number of rotatable bonds is 5. The zero-order chi connectivity index (χ0) is 15.1. The molecular weight excluding hydrogens is 264 g/mol. The van der Waals surface area contributed by atoms with Crippen LogP contribution in [0, 0.1) is 17.8 Å². The molecule has 0 spiro atoms. The predicted octanol–water partition coefficient (Wildman–Crippen LogP) is 5.32. The van der Waals surface area contributed by atoms with E-state index in [1.165, 1.54) is 51.4 Å². The Kier molecular flexibility index (Phi) is 6.85. The number of ether oxygens (including phenoxy) is 2. The minimum Gasteiger partial charge on any atom is -0.435 e. The van der Waals surface area contributed by atoms with Gasteiger partial charge in [-0.15, -0.1) is 0 Å². The van der Waals surface area contributed by atoms with E-state index in [-0.39, 0.29) is 6.10 Å². The van der Waals surface area contributed by atoms with E-state index in [4.69, 9.17) is 9.47 Å². The van der Waals surface area contributed by atoms with E-state index in [1.54, 1.807) is 0 Å². The predicted molar refractivity (Wildman–Crippen MR) is 84.2 cm³/mol. The fraction of sp³-hybridized carbons (Fsp3) is 0.944. The summed E-state index contributed by atoms with van der Waals surface area (Å²) in [6.45, 7) is 4.51. The molecule has 122 valence electrons. The maximum atomic E-state index is 11.3. The van der Waals surface area contributed by atoms with Gasteiger partial charge in [0.2, 0.25) is 0 Å². The summed E-state index contributed by atoms with van der Waals surface area (Å²) in [4.78, 5) is 11.3. The Hall–Kier alpha value is -0.730. The Morgan fingerprint density at radius 3 is 2.00 bits per heavy atom. The smallest absolute Gasteiger partial charge is 0.435 e. The maximum Gasteiger partial charge on any atom is 0.508 e. The van der Waals surface area contributed by atoms with E-state index in [2.05, 4.69) is 6.92 Å². The van der Waals surface area contributed by atoms with Crippen molar-refractivity contribution in [2.75, 3.05) is 6.61 Å². The van der Waals surface area contributed by atoms with Crippen LogP contribution >= 0.6 is 0 Å². The van der Waals surface area contributed by atoms with Crippen LogP contribution in [0.5, 0.6) is 0 Å². The molecule has 0 amide bonds. The zero-order valence-electron chi connectivity index (χ0n) is 13.8. The van der Waals surface area contributed by atoms with E-state index in [0.717, 1.165) is 30.6 Å². The normalized spacial score (nSPS) is 33.4. The van der Waals surface area contributed by atoms with Gasteiger partial charge in [-0.2, -0.15) is 0 Å². The quantitative estimate of drug-likeness (QED) is 0.644. The molecule has 2 fully saturated rings. The minimum absolute atomic E-state index is 0.0942. The highest BCUT2D eigenvalue weighted by molar-refractivity contribution is 5.60. The fourth-order valence-corrected chi connectivity index (χ4v) is 4.32. The summed E-state index contributed by atoms with van der Waals surface area (Å²) in [5.74, 6) is 2.80. The molecule has 0 N–H and O–H groups in total. The molecule has 2 rings (SSSR count). The molecule has 0 unspecified atom stereocenters. The Balaban J connectivity index is 1.66. The third kappa shape index (κ3) is 5.19. The monoisotopic (exact) mass is 296 g/mol. The topological polar surface area (TPSA) is 35.5 Å². The summed E-state index contributed by atoms with van der Waals surface area (Å²) in [6.07, 6.45) is 12.6. The Morgan fingerprint density at radius 1 is 0.905 bits per heavy atom. The second kappa shape index (κ2) is 8.65. The van der Waals surface area contributed by atoms with Crippen molar-refractivity contribution < 1.29 is 14.3 Å². The first kappa shape index (κ1) is 16.6. The molecular formula is C18H32O3. The molecule has 0 aromatic heterocycles. The van der Waals surface area contributed by atoms with Gasteiger partial charge in [0.05, 0.1) is 6.61 Å². The molecule has 0 saturated heterocycles. The lowest BCUT2D eigenvalue weighted by molar-refractivity contribution is 0.00161. The first-order valence-electron chi connectivity index (χ1n) is 9.06. The number of hydrogen-bond donors (Lipinski definition) is 0. The van der Waals surface area contributed by atoms with Crippen molar-refractivity contribution in [2.24, 2.45) is 17.8 Å². The van der Waals surface area contributed by atoms with Gasteiger partial charge in [-0.1, -0.05) is 32.6 Å². The third-order valence-corrected chi connectivity index (χ3v) is 5.50. The van der Waals surface area contributed by atoms with Gasteiger partial charge in [0.1, 0.15) is 6.10 Å². The standard InChI is InChI=1S/C18H32O3/c1-3-5-14-6-8-15(9-7-14)16-10-12-17(13-11-16)21-18(19)20-4-2/h14-17H,3-13H2,1-2H3/t14-,15-,16-,17-. The summed E-state index contributed by atoms with van der Waals surface area (Å²) in [5, 5.41) is 0. The van der Waals surface area contributed by atoms with Crippen molar-refractivity contribution in [3.05, 3.63) is 0 Å². The zero-order valence-corrected chi connectivity index (χ0v) is 13.8. The van der Waals surface area contributed by atoms with Gasteiger partial charge >= 0.3 is 6.16 Å². The van der Waals surface area contributed by atoms with Gasteiger partial charge in [-0.3, -0.25) is 0 Å². The molecule has 0 bridgehead atoms. The Morgan fingerprint density at radius 2 is 1.48 bits per heavy atom. The molecule has 3 heteroatoms. The molecule has 3 nitrogen and oxygen atoms in total. The third-order valence-electron chi connectivity index (χ3n) is 5.50. The maximum absolute atomic E-state index is 11.3. The van der Waals surface area contributed by atoms with Crippen LogP contribution in [-0.2, 0) is 9.47 Å². The second-order valence-corrected chi connectivity index (χ2v) is 6.91. The van der Waals surface area contributed by atoms with Gasteiger partial charge in [-0.25, -0.2) is 4.79 Å². The lowest BCUT2D eigenvalue weighted by Crippen LogP contribution is -2.30. The molecule has 2 aliphatic carbocycles. The first-order chi connectivity index (χ1) is 10.2. The summed E-state index contributed by atoms with van der Waals surface area (Å²) >= 11 is 0. The van der Waals surface area contributed by atoms with Crippen LogP contribution in [0.3, 0.4) is 0 Å². The second-order valence-electron chi connectivity index (χ2n) is 6.91. The average molecular weight is 296 g/mol. The molecule has 2 saturated carbocycles. The summed E-state index contributed by atoms with van der Waals surface area (Å²) in [7, 11) is 0. The van der Waals surface area contributed by atoms with Crippen LogP contribution in [0.25, 0.3) is 0 Å². The summed E-state index contributed by atoms with van der Waals surface area (Å²) in [6, 6.07) is 0. The van der Waals surface area contributed by atoms with Crippen LogP contribution < -0.4 is 0 Å². The Bertz CT molecular complexity index is 300. The number of carbonyl (C=O) groups is 1. The average Bonchev–Trinajstić information content (AvgIpc) is 2.49. The summed E-state index contributed by atoms with van der Waals surface area (Å²) < 4.78 is 10.2. The van der Waals surface area contributed by atoms with Crippen LogP contribution in [0.2, 0.25) is 0 Å². The molecule has 0 aromatic carbocycles. The highest BCUT2D eigenvalue weighted by Crippen LogP contribution is 2.41. The van der Waals surface area contributed by atoms with E-state index in [9.17, 15) is 4.79 Å². The molecule has 0 aromatic rings. The first-order valence-corrected chi connectivity index (χ1v) is 9.06. The highest BCUT2D eigenvalue weighted by atomic mass is 16.7. The van der Waals surface area contributed by atoms with Crippen molar-refractivity contribution in [3.8, 4) is 0 Å². The lowest BCUT2D eigenvalue weighted by Gasteiger charge is -2.37. The Labute approximate surface area is 129 Å². The molecule has 21 heavy (non-hydrogen) atoms. The van der Waals surface area contributed by atoms with Crippen molar-refractivity contribution in [1.29, 1.82) is 0 Å². The number of hydrogen-bond acceptors (Lipinski definition) is 3. The van der Waals surface area contributed by atoms with Crippen molar-refractivity contribution >= 4 is 6.16 Å².